The van der Waals surface area contributed by atoms with Gasteiger partial charge in [-0.05, 0) is 37.3 Å². The van der Waals surface area contributed by atoms with Gasteiger partial charge in [0.1, 0.15) is 18.8 Å². The molecule has 0 radical (unpaired) electrons. The quantitative estimate of drug-likeness (QED) is 0.730. The number of hydrogen-bond donors (Lipinski definition) is 1. The lowest BCUT2D eigenvalue weighted by Gasteiger charge is -2.32. The van der Waals surface area contributed by atoms with E-state index in [1.165, 1.54) is 5.57 Å². The van der Waals surface area contributed by atoms with Gasteiger partial charge in [-0.25, -0.2) is 0 Å². The Morgan fingerprint density at radius 1 is 1.39 bits per heavy atom. The Morgan fingerprint density at radius 2 is 2.35 bits per heavy atom. The van der Waals surface area contributed by atoms with Gasteiger partial charge in [-0.1, -0.05) is 18.2 Å². The molecule has 0 spiro atoms. The molecule has 126 valence electrons. The lowest BCUT2D eigenvalue weighted by molar-refractivity contribution is 0.0678. The van der Waals surface area contributed by atoms with E-state index in [-0.39, 0.29) is 12.6 Å². The second kappa shape index (κ2) is 8.34. The molecule has 0 bridgehead atoms. The van der Waals surface area contributed by atoms with Gasteiger partial charge < -0.3 is 19.3 Å². The molecule has 1 saturated heterocycles. The molecule has 5 heteroatoms. The van der Waals surface area contributed by atoms with Crippen LogP contribution in [-0.2, 0) is 14.2 Å². The second-order valence-corrected chi connectivity index (χ2v) is 6.11. The molecule has 1 aliphatic carbocycles. The Hall–Kier alpha value is -1.56. The minimum Gasteiger partial charge on any atom is -0.466 e. The molecule has 0 aromatic carbocycles. The van der Waals surface area contributed by atoms with Crippen molar-refractivity contribution in [1.82, 2.24) is 4.90 Å². The van der Waals surface area contributed by atoms with Gasteiger partial charge in [0.25, 0.3) is 0 Å². The molecule has 5 nitrogen and oxygen atoms in total. The van der Waals surface area contributed by atoms with Crippen LogP contribution in [0.1, 0.15) is 19.3 Å². The van der Waals surface area contributed by atoms with Gasteiger partial charge in [0, 0.05) is 6.54 Å². The molecule has 3 rings (SSSR count). The molecule has 2 heterocycles. The summed E-state index contributed by atoms with van der Waals surface area (Å²) in [5, 5.41) is 8.83. The lowest BCUT2D eigenvalue weighted by atomic mass is 9.95. The first-order valence-electron chi connectivity index (χ1n) is 8.34. The van der Waals surface area contributed by atoms with Crippen molar-refractivity contribution in [2.24, 2.45) is 5.92 Å². The fraction of sp³-hybridized carbons (Fsp3) is 0.556. The van der Waals surface area contributed by atoms with Crippen LogP contribution < -0.4 is 0 Å². The van der Waals surface area contributed by atoms with Crippen LogP contribution in [0.3, 0.4) is 0 Å². The Bertz CT molecular complexity index is 509. The summed E-state index contributed by atoms with van der Waals surface area (Å²) < 4.78 is 16.6. The van der Waals surface area contributed by atoms with E-state index < -0.39 is 0 Å². The van der Waals surface area contributed by atoms with Crippen LogP contribution in [0.4, 0.5) is 0 Å². The number of nitrogens with zero attached hydrogens (tertiary/aromatic N) is 1. The van der Waals surface area contributed by atoms with Gasteiger partial charge in [-0.2, -0.15) is 0 Å². The van der Waals surface area contributed by atoms with E-state index in [1.807, 2.05) is 0 Å². The summed E-state index contributed by atoms with van der Waals surface area (Å²) in [6.07, 6.45) is 14.6. The number of aliphatic hydroxyl groups is 1. The topological polar surface area (TPSA) is 51.2 Å². The van der Waals surface area contributed by atoms with Crippen LogP contribution in [0.25, 0.3) is 0 Å². The van der Waals surface area contributed by atoms with Crippen molar-refractivity contribution >= 4 is 0 Å². The predicted molar refractivity (Wildman–Crippen MR) is 87.2 cm³/mol. The third-order valence-corrected chi connectivity index (χ3v) is 4.46. The average molecular weight is 319 g/mol. The summed E-state index contributed by atoms with van der Waals surface area (Å²) in [5.74, 6) is 1.36. The van der Waals surface area contributed by atoms with Gasteiger partial charge in [-0.15, -0.1) is 0 Å². The monoisotopic (exact) mass is 319 g/mol. The molecule has 2 atom stereocenters. The molecule has 0 aromatic heterocycles. The van der Waals surface area contributed by atoms with E-state index in [4.69, 9.17) is 19.3 Å². The molecule has 2 aliphatic heterocycles. The van der Waals surface area contributed by atoms with Gasteiger partial charge >= 0.3 is 0 Å². The maximum absolute atomic E-state index is 8.83. The van der Waals surface area contributed by atoms with Crippen LogP contribution in [0, 0.1) is 5.92 Å². The number of likely N-dealkylation sites (tertiary alicyclic amines) is 1. The highest BCUT2D eigenvalue weighted by Gasteiger charge is 2.34. The number of allylic oxidation sites excluding steroid dienone is 3. The summed E-state index contributed by atoms with van der Waals surface area (Å²) >= 11 is 0. The van der Waals surface area contributed by atoms with Crippen LogP contribution in [0.2, 0.25) is 0 Å². The van der Waals surface area contributed by atoms with Crippen LogP contribution in [0.15, 0.2) is 48.3 Å². The Morgan fingerprint density at radius 3 is 3.09 bits per heavy atom. The molecule has 0 aromatic rings. The molecule has 1 fully saturated rings. The van der Waals surface area contributed by atoms with Crippen LogP contribution in [-0.4, -0.2) is 49.0 Å². The predicted octanol–water partition coefficient (Wildman–Crippen LogP) is 2.32. The van der Waals surface area contributed by atoms with Crippen molar-refractivity contribution in [3.63, 3.8) is 0 Å². The Kier molecular flexibility index (Phi) is 5.91. The van der Waals surface area contributed by atoms with Crippen molar-refractivity contribution in [3.8, 4) is 0 Å². The van der Waals surface area contributed by atoms with Gasteiger partial charge in [0.15, 0.2) is 5.76 Å². The maximum atomic E-state index is 8.83. The van der Waals surface area contributed by atoms with Gasteiger partial charge in [0.05, 0.1) is 25.9 Å². The first-order chi connectivity index (χ1) is 11.4. The smallest absolute Gasteiger partial charge is 0.160 e. The first-order valence-corrected chi connectivity index (χ1v) is 8.34. The highest BCUT2D eigenvalue weighted by atomic mass is 16.5. The standard InChI is InChI=1S/C18H25NO4/c20-8-9-21-13-15-6-7-19(12-15)18(16-4-2-1-3-5-16)17-14-22-10-11-23-17/h1-2,4,10-11,14-15,18,20H,3,5-9,12-13H2. The molecular formula is C18H25NO4. The Balaban J connectivity index is 1.67. The zero-order valence-corrected chi connectivity index (χ0v) is 13.4. The molecule has 0 amide bonds. The summed E-state index contributed by atoms with van der Waals surface area (Å²) in [4.78, 5) is 2.45. The number of ether oxygens (including phenoxy) is 3. The van der Waals surface area contributed by atoms with Crippen molar-refractivity contribution in [2.75, 3.05) is 32.9 Å². The Labute approximate surface area is 137 Å². The minimum atomic E-state index is 0.0860. The zero-order chi connectivity index (χ0) is 15.9. The van der Waals surface area contributed by atoms with Crippen molar-refractivity contribution in [2.45, 2.75) is 25.3 Å². The largest absolute Gasteiger partial charge is 0.466 e. The highest BCUT2D eigenvalue weighted by Crippen LogP contribution is 2.31. The van der Waals surface area contributed by atoms with Gasteiger partial charge in [0.2, 0.25) is 0 Å². The summed E-state index contributed by atoms with van der Waals surface area (Å²) in [6, 6.07) is 0.132. The molecule has 2 unspecified atom stereocenters. The van der Waals surface area contributed by atoms with E-state index in [9.17, 15) is 0 Å². The highest BCUT2D eigenvalue weighted by molar-refractivity contribution is 5.30. The summed E-state index contributed by atoms with van der Waals surface area (Å²) in [6.45, 7) is 3.20. The summed E-state index contributed by atoms with van der Waals surface area (Å²) in [7, 11) is 0. The third-order valence-electron chi connectivity index (χ3n) is 4.46. The van der Waals surface area contributed by atoms with E-state index >= 15 is 0 Å². The van der Waals surface area contributed by atoms with E-state index in [1.54, 1.807) is 18.8 Å². The lowest BCUT2D eigenvalue weighted by Crippen LogP contribution is -2.38. The van der Waals surface area contributed by atoms with Crippen molar-refractivity contribution < 1.29 is 19.3 Å². The molecule has 0 saturated carbocycles. The maximum Gasteiger partial charge on any atom is 0.160 e. The SMILES string of the molecule is OCCOCC1CCN(C(C2=CC=CCC2)C2=COC=CO2)C1. The zero-order valence-electron chi connectivity index (χ0n) is 13.4. The van der Waals surface area contributed by atoms with E-state index in [0.29, 0.717) is 19.1 Å². The number of rotatable bonds is 7. The number of aliphatic hydroxyl groups excluding tert-OH is 1. The first kappa shape index (κ1) is 16.3. The third kappa shape index (κ3) is 4.25. The molecule has 3 aliphatic rings. The van der Waals surface area contributed by atoms with Crippen molar-refractivity contribution in [3.05, 3.63) is 48.3 Å². The molecule has 23 heavy (non-hydrogen) atoms. The van der Waals surface area contributed by atoms with Crippen molar-refractivity contribution in [1.29, 1.82) is 0 Å². The second-order valence-electron chi connectivity index (χ2n) is 6.11. The van der Waals surface area contributed by atoms with E-state index in [2.05, 4.69) is 23.1 Å². The molecular weight excluding hydrogens is 294 g/mol. The fourth-order valence-electron chi connectivity index (χ4n) is 3.40. The normalized spacial score (nSPS) is 25.5. The van der Waals surface area contributed by atoms with Gasteiger partial charge in [-0.3, -0.25) is 4.90 Å². The molecule has 1 N–H and O–H groups in total. The van der Waals surface area contributed by atoms with E-state index in [0.717, 1.165) is 38.1 Å². The fourth-order valence-corrected chi connectivity index (χ4v) is 3.40. The van der Waals surface area contributed by atoms with Crippen LogP contribution in [0.5, 0.6) is 0 Å². The van der Waals surface area contributed by atoms with Crippen LogP contribution >= 0.6 is 0 Å². The average Bonchev–Trinajstić information content (AvgIpc) is 3.06. The minimum absolute atomic E-state index is 0.0860. The number of hydrogen-bond acceptors (Lipinski definition) is 5. The summed E-state index contributed by atoms with van der Waals surface area (Å²) in [5.41, 5.74) is 1.37.